The first-order valence-corrected chi connectivity index (χ1v) is 10.3. The molecule has 0 N–H and O–H groups in total. The third-order valence-electron chi connectivity index (χ3n) is 5.55. The number of aromatic nitrogens is 1. The number of nitrogens with zero attached hydrogens (tertiary/aromatic N) is 4. The maximum absolute atomic E-state index is 13.3. The molecule has 0 unspecified atom stereocenters. The maximum Gasteiger partial charge on any atom is 0.319 e. The van der Waals surface area contributed by atoms with Gasteiger partial charge in [-0.3, -0.25) is 14.2 Å². The van der Waals surface area contributed by atoms with Crippen LogP contribution in [0.2, 0.25) is 0 Å². The molecule has 0 radical (unpaired) electrons. The van der Waals surface area contributed by atoms with Gasteiger partial charge >= 0.3 is 6.03 Å². The molecular formula is C23H30N4O3. The highest BCUT2D eigenvalue weighted by Crippen LogP contribution is 2.18. The number of rotatable bonds is 3. The van der Waals surface area contributed by atoms with E-state index >= 15 is 0 Å². The predicted molar refractivity (Wildman–Crippen MR) is 117 cm³/mol. The highest BCUT2D eigenvalue weighted by molar-refractivity contribution is 5.95. The summed E-state index contributed by atoms with van der Waals surface area (Å²) in [6.07, 6.45) is 1.72. The molecule has 1 fully saturated rings. The van der Waals surface area contributed by atoms with Crippen molar-refractivity contribution >= 4 is 11.9 Å². The molecule has 0 saturated carbocycles. The second kappa shape index (κ2) is 8.73. The number of carbonyl (C=O) groups is 2. The first-order valence-electron chi connectivity index (χ1n) is 10.3. The largest absolute Gasteiger partial charge is 0.335 e. The lowest BCUT2D eigenvalue weighted by Gasteiger charge is -2.36. The summed E-state index contributed by atoms with van der Waals surface area (Å²) in [6, 6.07) is 9.57. The molecule has 160 valence electrons. The van der Waals surface area contributed by atoms with E-state index in [1.54, 1.807) is 37.0 Å². The molecule has 2 heterocycles. The van der Waals surface area contributed by atoms with Crippen LogP contribution in [0.3, 0.4) is 0 Å². The third kappa shape index (κ3) is 4.25. The molecule has 2 aromatic rings. The van der Waals surface area contributed by atoms with Crippen molar-refractivity contribution in [1.82, 2.24) is 19.3 Å². The van der Waals surface area contributed by atoms with Gasteiger partial charge in [0.05, 0.1) is 0 Å². The van der Waals surface area contributed by atoms with Crippen molar-refractivity contribution in [3.8, 4) is 5.69 Å². The zero-order chi connectivity index (χ0) is 22.0. The van der Waals surface area contributed by atoms with Crippen molar-refractivity contribution in [2.24, 2.45) is 0 Å². The molecule has 1 aliphatic heterocycles. The third-order valence-corrected chi connectivity index (χ3v) is 5.55. The average Bonchev–Trinajstić information content (AvgIpc) is 2.73. The van der Waals surface area contributed by atoms with Crippen molar-refractivity contribution < 1.29 is 9.59 Å². The number of piperazine rings is 1. The van der Waals surface area contributed by atoms with Crippen LogP contribution >= 0.6 is 0 Å². The van der Waals surface area contributed by atoms with E-state index < -0.39 is 0 Å². The summed E-state index contributed by atoms with van der Waals surface area (Å²) in [7, 11) is 3.42. The molecule has 0 atom stereocenters. The minimum absolute atomic E-state index is 0.0645. The number of urea groups is 1. The van der Waals surface area contributed by atoms with Gasteiger partial charge in [0.1, 0.15) is 5.56 Å². The highest BCUT2D eigenvalue weighted by atomic mass is 16.2. The van der Waals surface area contributed by atoms with E-state index in [1.165, 1.54) is 9.47 Å². The second-order valence-corrected chi connectivity index (χ2v) is 8.25. The number of pyridine rings is 1. The number of aryl methyl sites for hydroxylation is 1. The van der Waals surface area contributed by atoms with Gasteiger partial charge < -0.3 is 14.7 Å². The lowest BCUT2D eigenvalue weighted by molar-refractivity contribution is 0.0647. The van der Waals surface area contributed by atoms with Crippen molar-refractivity contribution in [1.29, 1.82) is 0 Å². The van der Waals surface area contributed by atoms with Gasteiger partial charge in [0, 0.05) is 52.2 Å². The van der Waals surface area contributed by atoms with Gasteiger partial charge in [0.25, 0.3) is 11.5 Å². The highest BCUT2D eigenvalue weighted by Gasteiger charge is 2.28. The van der Waals surface area contributed by atoms with E-state index in [0.717, 1.165) is 11.3 Å². The van der Waals surface area contributed by atoms with Crippen LogP contribution in [0.1, 0.15) is 41.3 Å². The molecule has 1 saturated heterocycles. The molecule has 0 spiro atoms. The smallest absolute Gasteiger partial charge is 0.319 e. The standard InChI is InChI=1S/C23H30N4O3/c1-16(2)18-7-6-8-19(15-18)27-10-9-17(3)20(22(27)29)21(28)25-11-13-26(14-12-25)23(30)24(4)5/h6-10,15-16H,11-14H2,1-5H3. The van der Waals surface area contributed by atoms with Crippen LogP contribution in [0.15, 0.2) is 41.3 Å². The van der Waals surface area contributed by atoms with Gasteiger partial charge in [0.15, 0.2) is 0 Å². The molecule has 1 aliphatic rings. The molecule has 1 aromatic heterocycles. The lowest BCUT2D eigenvalue weighted by Crippen LogP contribution is -2.53. The minimum atomic E-state index is -0.312. The Bertz CT molecular complexity index is 1000. The molecule has 0 aliphatic carbocycles. The van der Waals surface area contributed by atoms with Crippen LogP contribution in [0, 0.1) is 6.92 Å². The monoisotopic (exact) mass is 410 g/mol. The Morgan fingerprint density at radius 3 is 2.23 bits per heavy atom. The van der Waals surface area contributed by atoms with Crippen LogP contribution in [-0.4, -0.2) is 71.5 Å². The van der Waals surface area contributed by atoms with Crippen molar-refractivity contribution in [2.75, 3.05) is 40.3 Å². The fourth-order valence-electron chi connectivity index (χ4n) is 3.67. The Hall–Kier alpha value is -3.09. The van der Waals surface area contributed by atoms with Crippen LogP contribution in [0.4, 0.5) is 4.79 Å². The molecule has 3 rings (SSSR count). The number of carbonyl (C=O) groups excluding carboxylic acids is 2. The normalized spacial score (nSPS) is 14.2. The number of amides is 3. The summed E-state index contributed by atoms with van der Waals surface area (Å²) in [5.74, 6) is 0.0668. The number of benzene rings is 1. The van der Waals surface area contributed by atoms with E-state index in [1.807, 2.05) is 30.3 Å². The summed E-state index contributed by atoms with van der Waals surface area (Å²) in [6.45, 7) is 7.73. The molecule has 7 heteroatoms. The van der Waals surface area contributed by atoms with Crippen molar-refractivity contribution in [3.63, 3.8) is 0 Å². The summed E-state index contributed by atoms with van der Waals surface area (Å²) >= 11 is 0. The fourth-order valence-corrected chi connectivity index (χ4v) is 3.67. The summed E-state index contributed by atoms with van der Waals surface area (Å²) in [4.78, 5) is 43.5. The van der Waals surface area contributed by atoms with Crippen LogP contribution in [0.5, 0.6) is 0 Å². The molecule has 3 amide bonds. The van der Waals surface area contributed by atoms with Crippen molar-refractivity contribution in [3.05, 3.63) is 63.6 Å². The van der Waals surface area contributed by atoms with Gasteiger partial charge in [-0.1, -0.05) is 26.0 Å². The first-order chi connectivity index (χ1) is 14.2. The average molecular weight is 411 g/mol. The van der Waals surface area contributed by atoms with E-state index in [9.17, 15) is 14.4 Å². The predicted octanol–water partition coefficient (Wildman–Crippen LogP) is 2.71. The van der Waals surface area contributed by atoms with E-state index in [4.69, 9.17) is 0 Å². The van der Waals surface area contributed by atoms with Gasteiger partial charge in [-0.25, -0.2) is 4.79 Å². The Morgan fingerprint density at radius 1 is 1.00 bits per heavy atom. The molecule has 0 bridgehead atoms. The van der Waals surface area contributed by atoms with Crippen molar-refractivity contribution in [2.45, 2.75) is 26.7 Å². The van der Waals surface area contributed by atoms with Gasteiger partial charge in [-0.05, 0) is 42.2 Å². The maximum atomic E-state index is 13.3. The number of hydrogen-bond acceptors (Lipinski definition) is 3. The zero-order valence-electron chi connectivity index (χ0n) is 18.4. The molecule has 1 aromatic carbocycles. The topological polar surface area (TPSA) is 65.9 Å². The molecule has 30 heavy (non-hydrogen) atoms. The quantitative estimate of drug-likeness (QED) is 0.782. The lowest BCUT2D eigenvalue weighted by atomic mass is 10.0. The Balaban J connectivity index is 1.88. The summed E-state index contributed by atoms with van der Waals surface area (Å²) in [5, 5.41) is 0. The molecule has 7 nitrogen and oxygen atoms in total. The second-order valence-electron chi connectivity index (χ2n) is 8.25. The van der Waals surface area contributed by atoms with Crippen LogP contribution < -0.4 is 5.56 Å². The first kappa shape index (κ1) is 21.6. The Labute approximate surface area is 177 Å². The van der Waals surface area contributed by atoms with Gasteiger partial charge in [0.2, 0.25) is 0 Å². The van der Waals surface area contributed by atoms with Gasteiger partial charge in [-0.15, -0.1) is 0 Å². The van der Waals surface area contributed by atoms with E-state index in [2.05, 4.69) is 13.8 Å². The molecular weight excluding hydrogens is 380 g/mol. The fraction of sp³-hybridized carbons (Fsp3) is 0.435. The number of hydrogen-bond donors (Lipinski definition) is 0. The van der Waals surface area contributed by atoms with Crippen LogP contribution in [0.25, 0.3) is 5.69 Å². The zero-order valence-corrected chi connectivity index (χ0v) is 18.4. The minimum Gasteiger partial charge on any atom is -0.335 e. The summed E-state index contributed by atoms with van der Waals surface area (Å²) in [5.41, 5.74) is 2.43. The van der Waals surface area contributed by atoms with E-state index in [0.29, 0.717) is 37.7 Å². The van der Waals surface area contributed by atoms with Crippen LogP contribution in [-0.2, 0) is 0 Å². The van der Waals surface area contributed by atoms with Gasteiger partial charge in [-0.2, -0.15) is 0 Å². The Kier molecular flexibility index (Phi) is 6.29. The Morgan fingerprint density at radius 2 is 1.63 bits per heavy atom. The SMILES string of the molecule is Cc1ccn(-c2cccc(C(C)C)c2)c(=O)c1C(=O)N1CCN(C(=O)N(C)C)CC1. The summed E-state index contributed by atoms with van der Waals surface area (Å²) < 4.78 is 1.54. The van der Waals surface area contributed by atoms with E-state index in [-0.39, 0.29) is 23.1 Å².